The highest BCUT2D eigenvalue weighted by Gasteiger charge is 2.28. The molecule has 1 fully saturated rings. The summed E-state index contributed by atoms with van der Waals surface area (Å²) in [4.78, 5) is 12.8. The molecule has 0 radical (unpaired) electrons. The summed E-state index contributed by atoms with van der Waals surface area (Å²) in [7, 11) is -3.07. The number of carbonyl (C=O) groups is 1. The van der Waals surface area contributed by atoms with Crippen molar-refractivity contribution in [3.05, 3.63) is 0 Å². The summed E-state index contributed by atoms with van der Waals surface area (Å²) in [5.41, 5.74) is 0. The lowest BCUT2D eigenvalue weighted by Crippen LogP contribution is -2.40. The highest BCUT2D eigenvalue weighted by molar-refractivity contribution is 7.90. The summed E-state index contributed by atoms with van der Waals surface area (Å²) >= 11 is 0. The van der Waals surface area contributed by atoms with Gasteiger partial charge in [-0.2, -0.15) is 0 Å². The molecule has 0 bridgehead atoms. The van der Waals surface area contributed by atoms with E-state index in [1.165, 1.54) is 0 Å². The molecule has 1 saturated heterocycles. The first-order valence-corrected chi connectivity index (χ1v) is 7.11. The van der Waals surface area contributed by atoms with Crippen LogP contribution in [0.5, 0.6) is 0 Å². The van der Waals surface area contributed by atoms with Crippen molar-refractivity contribution in [3.63, 3.8) is 0 Å². The molecule has 15 heavy (non-hydrogen) atoms. The predicted molar refractivity (Wildman–Crippen MR) is 56.6 cm³/mol. The summed E-state index contributed by atoms with van der Waals surface area (Å²) in [5, 5.41) is 8.99. The van der Waals surface area contributed by atoms with Crippen molar-refractivity contribution >= 4 is 15.8 Å². The Bertz CT molecular complexity index is 319. The smallest absolute Gasteiger partial charge is 0.320 e. The average molecular weight is 235 g/mol. The summed E-state index contributed by atoms with van der Waals surface area (Å²) in [6.45, 7) is 1.53. The fourth-order valence-electron chi connectivity index (χ4n) is 1.84. The van der Waals surface area contributed by atoms with Gasteiger partial charge in [-0.1, -0.05) is 0 Å². The fraction of sp³-hybridized carbons (Fsp3) is 0.889. The van der Waals surface area contributed by atoms with E-state index in [1.807, 2.05) is 4.90 Å². The Hall–Kier alpha value is -0.620. The van der Waals surface area contributed by atoms with Crippen molar-refractivity contribution in [1.29, 1.82) is 0 Å². The van der Waals surface area contributed by atoms with Gasteiger partial charge in [0.05, 0.1) is 5.75 Å². The largest absolute Gasteiger partial charge is 0.480 e. The van der Waals surface area contributed by atoms with Gasteiger partial charge in [0.1, 0.15) is 15.9 Å². The van der Waals surface area contributed by atoms with Crippen molar-refractivity contribution in [2.24, 2.45) is 0 Å². The minimum atomic E-state index is -3.07. The molecule has 0 aromatic rings. The van der Waals surface area contributed by atoms with Crippen molar-refractivity contribution in [3.8, 4) is 0 Å². The number of hydrogen-bond acceptors (Lipinski definition) is 4. The molecule has 6 heteroatoms. The van der Waals surface area contributed by atoms with Gasteiger partial charge in [0.15, 0.2) is 0 Å². The molecule has 1 aliphatic heterocycles. The van der Waals surface area contributed by atoms with Crippen LogP contribution in [0, 0.1) is 0 Å². The van der Waals surface area contributed by atoms with Crippen LogP contribution >= 0.6 is 0 Å². The summed E-state index contributed by atoms with van der Waals surface area (Å²) in [5.74, 6) is -0.971. The van der Waals surface area contributed by atoms with Gasteiger partial charge in [-0.3, -0.25) is 9.69 Å². The van der Waals surface area contributed by atoms with Crippen LogP contribution in [0.3, 0.4) is 0 Å². The molecule has 0 amide bonds. The fourth-order valence-corrected chi connectivity index (χ4v) is 2.49. The van der Waals surface area contributed by atoms with Crippen LogP contribution in [0.1, 0.15) is 19.3 Å². The number of likely N-dealkylation sites (tertiary alicyclic amines) is 1. The van der Waals surface area contributed by atoms with Crippen LogP contribution in [0.15, 0.2) is 0 Å². The zero-order valence-corrected chi connectivity index (χ0v) is 9.66. The monoisotopic (exact) mass is 235 g/mol. The Labute approximate surface area is 90.0 Å². The molecule has 1 N–H and O–H groups in total. The van der Waals surface area contributed by atoms with Crippen LogP contribution in [0.25, 0.3) is 0 Å². The van der Waals surface area contributed by atoms with Gasteiger partial charge in [-0.15, -0.1) is 0 Å². The molecule has 1 aliphatic rings. The van der Waals surface area contributed by atoms with Crippen molar-refractivity contribution < 1.29 is 18.3 Å². The third-order valence-corrected chi connectivity index (χ3v) is 3.61. The summed E-state index contributed by atoms with van der Waals surface area (Å²) in [6, 6.07) is -0.637. The zero-order valence-electron chi connectivity index (χ0n) is 8.85. The quantitative estimate of drug-likeness (QED) is 0.724. The van der Waals surface area contributed by atoms with Crippen molar-refractivity contribution in [1.82, 2.24) is 4.90 Å². The maximum absolute atomic E-state index is 11.0. The van der Waals surface area contributed by atoms with Crippen LogP contribution in [0.4, 0.5) is 0 Å². The maximum Gasteiger partial charge on any atom is 0.320 e. The van der Waals surface area contributed by atoms with E-state index in [0.29, 0.717) is 0 Å². The van der Waals surface area contributed by atoms with Gasteiger partial charge >= 0.3 is 5.97 Å². The van der Waals surface area contributed by atoms with Crippen LogP contribution in [-0.2, 0) is 14.6 Å². The lowest BCUT2D eigenvalue weighted by molar-refractivity contribution is -0.142. The van der Waals surface area contributed by atoms with Gasteiger partial charge in [0.2, 0.25) is 0 Å². The Morgan fingerprint density at radius 3 is 2.33 bits per heavy atom. The van der Waals surface area contributed by atoms with E-state index in [0.717, 1.165) is 32.2 Å². The lowest BCUT2D eigenvalue weighted by Gasteiger charge is -2.23. The second kappa shape index (κ2) is 4.94. The Kier molecular flexibility index (Phi) is 4.10. The third-order valence-electron chi connectivity index (χ3n) is 2.63. The van der Waals surface area contributed by atoms with Gasteiger partial charge in [-0.05, 0) is 32.4 Å². The predicted octanol–water partition coefficient (Wildman–Crippen LogP) is -0.0299. The molecular formula is C9H17NO4S. The third kappa shape index (κ3) is 4.17. The molecule has 1 rings (SSSR count). The normalized spacial score (nSPS) is 20.3. The Morgan fingerprint density at radius 1 is 1.40 bits per heavy atom. The minimum absolute atomic E-state index is 0.0551. The van der Waals surface area contributed by atoms with E-state index < -0.39 is 21.8 Å². The second-order valence-corrected chi connectivity index (χ2v) is 6.28. The van der Waals surface area contributed by atoms with Gasteiger partial charge in [0.25, 0.3) is 0 Å². The standard InChI is InChI=1S/C9H17NO4S/c1-15(13,14)7-4-8(9(11)12)10-5-2-3-6-10/h8H,2-7H2,1H3,(H,11,12). The summed E-state index contributed by atoms with van der Waals surface area (Å²) < 4.78 is 21.9. The number of aliphatic carboxylic acids is 1. The van der Waals surface area contributed by atoms with Crippen LogP contribution in [0.2, 0.25) is 0 Å². The first-order chi connectivity index (χ1) is 6.90. The van der Waals surface area contributed by atoms with E-state index in [-0.39, 0.29) is 12.2 Å². The Morgan fingerprint density at radius 2 is 1.93 bits per heavy atom. The molecule has 0 spiro atoms. The number of hydrogen-bond donors (Lipinski definition) is 1. The number of nitrogens with zero attached hydrogens (tertiary/aromatic N) is 1. The highest BCUT2D eigenvalue weighted by Crippen LogP contribution is 2.14. The molecule has 5 nitrogen and oxygen atoms in total. The molecular weight excluding hydrogens is 218 g/mol. The van der Waals surface area contributed by atoms with E-state index in [9.17, 15) is 13.2 Å². The molecule has 88 valence electrons. The van der Waals surface area contributed by atoms with Crippen molar-refractivity contribution in [2.45, 2.75) is 25.3 Å². The molecule has 0 aliphatic carbocycles. The molecule has 0 aromatic carbocycles. The van der Waals surface area contributed by atoms with Gasteiger partial charge < -0.3 is 5.11 Å². The topological polar surface area (TPSA) is 74.7 Å². The van der Waals surface area contributed by atoms with E-state index in [1.54, 1.807) is 0 Å². The van der Waals surface area contributed by atoms with E-state index in [4.69, 9.17) is 5.11 Å². The molecule has 1 heterocycles. The number of rotatable bonds is 5. The van der Waals surface area contributed by atoms with E-state index >= 15 is 0 Å². The molecule has 1 atom stereocenters. The lowest BCUT2D eigenvalue weighted by atomic mass is 10.2. The molecule has 1 unspecified atom stereocenters. The number of sulfone groups is 1. The molecule has 0 aromatic heterocycles. The van der Waals surface area contributed by atoms with E-state index in [2.05, 4.69) is 0 Å². The van der Waals surface area contributed by atoms with Crippen LogP contribution in [-0.4, -0.2) is 55.5 Å². The van der Waals surface area contributed by atoms with Crippen LogP contribution < -0.4 is 0 Å². The average Bonchev–Trinajstić information content (AvgIpc) is 2.54. The van der Waals surface area contributed by atoms with Crippen molar-refractivity contribution in [2.75, 3.05) is 25.1 Å². The second-order valence-electron chi connectivity index (χ2n) is 4.02. The van der Waals surface area contributed by atoms with Gasteiger partial charge in [-0.25, -0.2) is 8.42 Å². The minimum Gasteiger partial charge on any atom is -0.480 e. The number of carboxylic acid groups (broad SMARTS) is 1. The highest BCUT2D eigenvalue weighted by atomic mass is 32.2. The molecule has 0 saturated carbocycles. The first kappa shape index (κ1) is 12.4. The Balaban J connectivity index is 2.54. The SMILES string of the molecule is CS(=O)(=O)CCC(C(=O)O)N1CCCC1. The number of carboxylic acids is 1. The van der Waals surface area contributed by atoms with Gasteiger partial charge in [0, 0.05) is 6.26 Å². The summed E-state index contributed by atoms with van der Waals surface area (Å²) in [6.07, 6.45) is 3.33. The maximum atomic E-state index is 11.0. The first-order valence-electron chi connectivity index (χ1n) is 5.05. The zero-order chi connectivity index (χ0) is 11.5.